The average molecular weight is 370 g/mol. The number of rotatable bonds is 3. The number of likely N-dealkylation sites (tertiary alicyclic amines) is 1. The number of aromatic amines is 1. The van der Waals surface area contributed by atoms with E-state index in [1.807, 2.05) is 26.8 Å². The smallest absolute Gasteiger partial charge is 0.335 e. The quantitative estimate of drug-likeness (QED) is 0.725. The van der Waals surface area contributed by atoms with Crippen molar-refractivity contribution in [3.05, 3.63) is 39.6 Å². The minimum Gasteiger partial charge on any atom is -0.335 e. The summed E-state index contributed by atoms with van der Waals surface area (Å²) in [7, 11) is 0. The van der Waals surface area contributed by atoms with Crippen LogP contribution >= 0.6 is 0 Å². The predicted molar refractivity (Wildman–Crippen MR) is 96.7 cm³/mol. The van der Waals surface area contributed by atoms with Crippen molar-refractivity contribution in [1.29, 1.82) is 0 Å². The van der Waals surface area contributed by atoms with Crippen molar-refractivity contribution in [2.45, 2.75) is 46.1 Å². The molecule has 1 unspecified atom stereocenters. The zero-order chi connectivity index (χ0) is 19.1. The molecule has 27 heavy (non-hydrogen) atoms. The van der Waals surface area contributed by atoms with Crippen LogP contribution in [0.5, 0.6) is 0 Å². The Morgan fingerprint density at radius 3 is 2.93 bits per heavy atom. The van der Waals surface area contributed by atoms with E-state index < -0.39 is 0 Å². The minimum atomic E-state index is -0.219. The summed E-state index contributed by atoms with van der Waals surface area (Å²) >= 11 is 0. The molecule has 1 fully saturated rings. The first-order chi connectivity index (χ1) is 13.0. The van der Waals surface area contributed by atoms with E-state index >= 15 is 0 Å². The second-order valence-electron chi connectivity index (χ2n) is 6.91. The Bertz CT molecular complexity index is 1060. The minimum absolute atomic E-state index is 0.0146. The van der Waals surface area contributed by atoms with Gasteiger partial charge in [0.05, 0.1) is 0 Å². The summed E-state index contributed by atoms with van der Waals surface area (Å²) in [6.07, 6.45) is 1.72. The molecule has 10 heteroatoms. The van der Waals surface area contributed by atoms with Crippen molar-refractivity contribution in [2.24, 2.45) is 0 Å². The number of nitrogens with zero attached hydrogens (tertiary/aromatic N) is 7. The van der Waals surface area contributed by atoms with Gasteiger partial charge in [-0.2, -0.15) is 10.1 Å². The van der Waals surface area contributed by atoms with Crippen LogP contribution in [0.1, 0.15) is 53.5 Å². The molecule has 0 aromatic carbocycles. The maximum Gasteiger partial charge on any atom is 0.343 e. The van der Waals surface area contributed by atoms with Gasteiger partial charge in [0, 0.05) is 36.9 Å². The molecule has 142 valence electrons. The van der Waals surface area contributed by atoms with Crippen LogP contribution in [0.15, 0.2) is 10.9 Å². The van der Waals surface area contributed by atoms with Crippen molar-refractivity contribution in [1.82, 2.24) is 39.2 Å². The summed E-state index contributed by atoms with van der Waals surface area (Å²) in [5.41, 5.74) is 1.50. The van der Waals surface area contributed by atoms with Crippen LogP contribution in [-0.4, -0.2) is 58.2 Å². The zero-order valence-electron chi connectivity index (χ0n) is 15.6. The lowest BCUT2D eigenvalue weighted by molar-refractivity contribution is 0.0691. The van der Waals surface area contributed by atoms with Gasteiger partial charge >= 0.3 is 5.69 Å². The van der Waals surface area contributed by atoms with Gasteiger partial charge in [0.15, 0.2) is 0 Å². The highest BCUT2D eigenvalue weighted by atomic mass is 16.2. The number of fused-ring (bicyclic) bond motifs is 1. The molecule has 0 saturated carbocycles. The fraction of sp³-hybridized carbons (Fsp3) is 0.529. The van der Waals surface area contributed by atoms with Gasteiger partial charge in [-0.3, -0.25) is 9.36 Å². The number of piperidine rings is 1. The lowest BCUT2D eigenvalue weighted by Crippen LogP contribution is -2.40. The van der Waals surface area contributed by atoms with Crippen molar-refractivity contribution >= 4 is 11.7 Å². The first-order valence-electron chi connectivity index (χ1n) is 9.13. The van der Waals surface area contributed by atoms with E-state index in [9.17, 15) is 9.59 Å². The largest absolute Gasteiger partial charge is 0.343 e. The van der Waals surface area contributed by atoms with Crippen LogP contribution in [0.2, 0.25) is 0 Å². The van der Waals surface area contributed by atoms with Gasteiger partial charge in [0.2, 0.25) is 5.82 Å². The maximum absolute atomic E-state index is 13.0. The third-order valence-electron chi connectivity index (χ3n) is 4.99. The monoisotopic (exact) mass is 370 g/mol. The van der Waals surface area contributed by atoms with Crippen molar-refractivity contribution < 1.29 is 4.79 Å². The van der Waals surface area contributed by atoms with Gasteiger partial charge in [0.1, 0.15) is 5.82 Å². The summed E-state index contributed by atoms with van der Waals surface area (Å²) in [5.74, 6) is 1.07. The molecule has 0 aliphatic carbocycles. The van der Waals surface area contributed by atoms with E-state index in [0.29, 0.717) is 31.2 Å². The number of carbonyl (C=O) groups excluding carboxylic acids is 1. The molecule has 0 bridgehead atoms. The highest BCUT2D eigenvalue weighted by Gasteiger charge is 2.30. The molecule has 10 nitrogen and oxygen atoms in total. The third-order valence-corrected chi connectivity index (χ3v) is 4.99. The molecule has 3 aromatic heterocycles. The Balaban J connectivity index is 1.60. The van der Waals surface area contributed by atoms with Gasteiger partial charge in [-0.25, -0.2) is 19.4 Å². The molecular weight excluding hydrogens is 348 g/mol. The standard InChI is InChI=1S/C17H22N8O2/c1-4-24-14(20-21-17(24)27)12-6-5-7-23(9-12)15(26)13-19-16-18-10(2)8-11(3)25(16)22-13/h8,12H,4-7,9H2,1-3H3,(H,21,27). The molecule has 3 aromatic rings. The molecule has 1 atom stereocenters. The SMILES string of the molecule is CCn1c(C2CCCN(C(=O)c3nc4nc(C)cc(C)n4n3)C2)n[nH]c1=O. The van der Waals surface area contributed by atoms with Crippen LogP contribution in [0.4, 0.5) is 0 Å². The summed E-state index contributed by atoms with van der Waals surface area (Å²) in [5, 5.41) is 11.0. The first kappa shape index (κ1) is 17.4. The topological polar surface area (TPSA) is 114 Å². The van der Waals surface area contributed by atoms with Crippen molar-refractivity contribution in [3.8, 4) is 0 Å². The zero-order valence-corrected chi connectivity index (χ0v) is 15.6. The van der Waals surface area contributed by atoms with Gasteiger partial charge in [-0.15, -0.1) is 5.10 Å². The van der Waals surface area contributed by atoms with Crippen molar-refractivity contribution in [3.63, 3.8) is 0 Å². The summed E-state index contributed by atoms with van der Waals surface area (Å²) in [6, 6.07) is 1.90. The van der Waals surface area contributed by atoms with E-state index in [1.165, 1.54) is 0 Å². The lowest BCUT2D eigenvalue weighted by atomic mass is 9.97. The Morgan fingerprint density at radius 1 is 1.33 bits per heavy atom. The predicted octanol–water partition coefficient (Wildman–Crippen LogP) is 0.666. The summed E-state index contributed by atoms with van der Waals surface area (Å²) in [6.45, 7) is 7.37. The number of aryl methyl sites for hydroxylation is 2. The molecule has 1 aliphatic rings. The Morgan fingerprint density at radius 2 is 2.15 bits per heavy atom. The van der Waals surface area contributed by atoms with Gasteiger partial charge in [-0.1, -0.05) is 0 Å². The maximum atomic E-state index is 13.0. The fourth-order valence-corrected chi connectivity index (χ4v) is 3.72. The number of aromatic nitrogens is 7. The van der Waals surface area contributed by atoms with Crippen LogP contribution in [0, 0.1) is 13.8 Å². The normalized spacial score (nSPS) is 17.6. The van der Waals surface area contributed by atoms with Gasteiger partial charge < -0.3 is 4.90 Å². The number of carbonyl (C=O) groups is 1. The second-order valence-corrected chi connectivity index (χ2v) is 6.91. The van der Waals surface area contributed by atoms with E-state index in [-0.39, 0.29) is 23.3 Å². The van der Waals surface area contributed by atoms with Crippen LogP contribution < -0.4 is 5.69 Å². The number of amides is 1. The summed E-state index contributed by atoms with van der Waals surface area (Å²) in [4.78, 5) is 35.2. The second kappa shape index (κ2) is 6.60. The lowest BCUT2D eigenvalue weighted by Gasteiger charge is -2.31. The molecule has 0 radical (unpaired) electrons. The van der Waals surface area contributed by atoms with Crippen LogP contribution in [0.25, 0.3) is 5.78 Å². The van der Waals surface area contributed by atoms with E-state index in [0.717, 1.165) is 24.2 Å². The molecule has 1 N–H and O–H groups in total. The van der Waals surface area contributed by atoms with Gasteiger partial charge in [0.25, 0.3) is 11.7 Å². The van der Waals surface area contributed by atoms with Crippen LogP contribution in [0.3, 0.4) is 0 Å². The number of nitrogens with one attached hydrogen (secondary N) is 1. The molecule has 1 saturated heterocycles. The molecule has 1 aliphatic heterocycles. The number of H-pyrrole nitrogens is 1. The Labute approximate surface area is 155 Å². The Hall–Kier alpha value is -3.04. The molecule has 1 amide bonds. The first-order valence-corrected chi connectivity index (χ1v) is 9.13. The van der Waals surface area contributed by atoms with Crippen LogP contribution in [-0.2, 0) is 6.54 Å². The number of hydrogen-bond acceptors (Lipinski definition) is 6. The van der Waals surface area contributed by atoms with Gasteiger partial charge in [-0.05, 0) is 39.7 Å². The Kier molecular flexibility index (Phi) is 4.25. The van der Waals surface area contributed by atoms with E-state index in [2.05, 4.69) is 25.3 Å². The molecule has 0 spiro atoms. The molecule has 4 rings (SSSR count). The van der Waals surface area contributed by atoms with E-state index in [1.54, 1.807) is 14.0 Å². The summed E-state index contributed by atoms with van der Waals surface area (Å²) < 4.78 is 3.21. The van der Waals surface area contributed by atoms with E-state index in [4.69, 9.17) is 0 Å². The average Bonchev–Trinajstić information content (AvgIpc) is 3.24. The third kappa shape index (κ3) is 3.00. The molecule has 4 heterocycles. The molecular formula is C17H22N8O2. The fourth-order valence-electron chi connectivity index (χ4n) is 3.72. The highest BCUT2D eigenvalue weighted by molar-refractivity contribution is 5.91. The highest BCUT2D eigenvalue weighted by Crippen LogP contribution is 2.25. The number of hydrogen-bond donors (Lipinski definition) is 1. The van der Waals surface area contributed by atoms with Crippen molar-refractivity contribution in [2.75, 3.05) is 13.1 Å².